The van der Waals surface area contributed by atoms with Crippen LogP contribution in [-0.4, -0.2) is 27.0 Å². The van der Waals surface area contributed by atoms with E-state index < -0.39 is 0 Å². The Bertz CT molecular complexity index is 833. The van der Waals surface area contributed by atoms with Crippen molar-refractivity contribution in [2.24, 2.45) is 5.73 Å². The average molecular weight is 340 g/mol. The van der Waals surface area contributed by atoms with E-state index in [0.29, 0.717) is 5.95 Å². The molecule has 3 aromatic rings. The molecule has 1 aromatic carbocycles. The van der Waals surface area contributed by atoms with Gasteiger partial charge in [0.25, 0.3) is 0 Å². The van der Waals surface area contributed by atoms with Crippen LogP contribution in [0.3, 0.4) is 0 Å². The summed E-state index contributed by atoms with van der Waals surface area (Å²) in [6, 6.07) is 8.32. The number of nitrogens with zero attached hydrogens (tertiary/aromatic N) is 3. The monoisotopic (exact) mass is 340 g/mol. The minimum absolute atomic E-state index is 0.171. The summed E-state index contributed by atoms with van der Waals surface area (Å²) in [5.41, 5.74) is 10.1. The summed E-state index contributed by atoms with van der Waals surface area (Å²) < 4.78 is 1.12. The van der Waals surface area contributed by atoms with Gasteiger partial charge in [0.05, 0.1) is 21.4 Å². The summed E-state index contributed by atoms with van der Waals surface area (Å²) >= 11 is 1.62. The zero-order chi connectivity index (χ0) is 16.4. The highest BCUT2D eigenvalue weighted by Crippen LogP contribution is 2.28. The molecule has 4 rings (SSSR count). The van der Waals surface area contributed by atoms with Crippen LogP contribution >= 0.6 is 11.3 Å². The number of hydrogen-bond acceptors (Lipinski definition) is 7. The van der Waals surface area contributed by atoms with Gasteiger partial charge in [0, 0.05) is 18.3 Å². The molecule has 2 atom stereocenters. The number of rotatable bonds is 4. The summed E-state index contributed by atoms with van der Waals surface area (Å²) in [4.78, 5) is 13.3. The van der Waals surface area contributed by atoms with Gasteiger partial charge in [-0.05, 0) is 31.0 Å². The van der Waals surface area contributed by atoms with Gasteiger partial charge in [0.15, 0.2) is 0 Å². The molecular weight excluding hydrogens is 320 g/mol. The van der Waals surface area contributed by atoms with Crippen LogP contribution in [0.25, 0.3) is 10.2 Å². The molecule has 7 heteroatoms. The van der Waals surface area contributed by atoms with Crippen LogP contribution in [0.5, 0.6) is 0 Å². The summed E-state index contributed by atoms with van der Waals surface area (Å²) in [5, 5.41) is 6.76. The number of aromatic nitrogens is 3. The van der Waals surface area contributed by atoms with Crippen LogP contribution in [-0.2, 0) is 0 Å². The fourth-order valence-electron chi connectivity index (χ4n) is 3.13. The summed E-state index contributed by atoms with van der Waals surface area (Å²) in [5.74, 6) is 1.39. The lowest BCUT2D eigenvalue weighted by Crippen LogP contribution is -2.42. The van der Waals surface area contributed by atoms with Gasteiger partial charge in [-0.25, -0.2) is 9.97 Å². The Labute approximate surface area is 144 Å². The first-order valence-electron chi connectivity index (χ1n) is 8.24. The molecule has 24 heavy (non-hydrogen) atoms. The lowest BCUT2D eigenvalue weighted by Gasteiger charge is -2.29. The standard InChI is InChI=1S/C17H20N6S/c18-11-4-1-2-5-12(11)22-17-19-9-8-15(23-17)21-14-7-3-6-13-16(14)24-10-20-13/h3,6-12H,1-2,4-5,18H2,(H2,19,21,22,23)/t11-,12+/m0/s1. The molecule has 1 aliphatic carbocycles. The first kappa shape index (κ1) is 15.3. The minimum Gasteiger partial charge on any atom is -0.350 e. The van der Waals surface area contributed by atoms with Gasteiger partial charge in [-0.15, -0.1) is 11.3 Å². The largest absolute Gasteiger partial charge is 0.350 e. The van der Waals surface area contributed by atoms with Crippen LogP contribution in [0.2, 0.25) is 0 Å². The number of anilines is 3. The quantitative estimate of drug-likeness (QED) is 0.673. The van der Waals surface area contributed by atoms with Crippen LogP contribution < -0.4 is 16.4 Å². The fraction of sp³-hybridized carbons (Fsp3) is 0.353. The Morgan fingerprint density at radius 1 is 1.12 bits per heavy atom. The van der Waals surface area contributed by atoms with E-state index in [9.17, 15) is 0 Å². The maximum absolute atomic E-state index is 6.20. The fourth-order valence-corrected chi connectivity index (χ4v) is 3.88. The highest BCUT2D eigenvalue weighted by atomic mass is 32.1. The van der Waals surface area contributed by atoms with Crippen LogP contribution in [0.1, 0.15) is 25.7 Å². The number of benzene rings is 1. The Kier molecular flexibility index (Phi) is 4.27. The van der Waals surface area contributed by atoms with E-state index in [0.717, 1.165) is 34.6 Å². The molecule has 124 valence electrons. The lowest BCUT2D eigenvalue weighted by atomic mass is 9.91. The first-order valence-corrected chi connectivity index (χ1v) is 9.12. The van der Waals surface area contributed by atoms with Crippen molar-refractivity contribution in [2.75, 3.05) is 10.6 Å². The molecule has 0 unspecified atom stereocenters. The smallest absolute Gasteiger partial charge is 0.224 e. The summed E-state index contributed by atoms with van der Waals surface area (Å²) in [6.45, 7) is 0. The molecule has 0 bridgehead atoms. The molecule has 2 aromatic heterocycles. The summed E-state index contributed by atoms with van der Waals surface area (Å²) in [7, 11) is 0. The van der Waals surface area contributed by atoms with Crippen molar-refractivity contribution in [1.82, 2.24) is 15.0 Å². The van der Waals surface area contributed by atoms with E-state index in [2.05, 4.69) is 25.6 Å². The lowest BCUT2D eigenvalue weighted by molar-refractivity contribution is 0.402. The topological polar surface area (TPSA) is 88.8 Å². The molecule has 0 saturated heterocycles. The van der Waals surface area contributed by atoms with Crippen molar-refractivity contribution in [2.45, 2.75) is 37.8 Å². The van der Waals surface area contributed by atoms with Gasteiger partial charge in [-0.2, -0.15) is 4.98 Å². The van der Waals surface area contributed by atoms with E-state index in [1.54, 1.807) is 17.5 Å². The van der Waals surface area contributed by atoms with Crippen molar-refractivity contribution in [3.05, 3.63) is 36.0 Å². The van der Waals surface area contributed by atoms with Gasteiger partial charge in [-0.1, -0.05) is 18.9 Å². The molecule has 0 aliphatic heterocycles. The second kappa shape index (κ2) is 6.70. The third kappa shape index (κ3) is 3.18. The van der Waals surface area contributed by atoms with Crippen LogP contribution in [0, 0.1) is 0 Å². The Morgan fingerprint density at radius 3 is 2.96 bits per heavy atom. The van der Waals surface area contributed by atoms with Crippen molar-refractivity contribution in [3.63, 3.8) is 0 Å². The number of nitrogens with two attached hydrogens (primary N) is 1. The molecule has 0 spiro atoms. The number of hydrogen-bond donors (Lipinski definition) is 3. The van der Waals surface area contributed by atoms with Gasteiger partial charge in [0.1, 0.15) is 5.82 Å². The zero-order valence-corrected chi connectivity index (χ0v) is 14.1. The van der Waals surface area contributed by atoms with E-state index in [1.165, 1.54) is 12.8 Å². The molecule has 1 aliphatic rings. The van der Waals surface area contributed by atoms with E-state index in [1.807, 2.05) is 29.8 Å². The number of thiazole rings is 1. The van der Waals surface area contributed by atoms with E-state index in [-0.39, 0.29) is 12.1 Å². The molecular formula is C17H20N6S. The second-order valence-electron chi connectivity index (χ2n) is 6.10. The molecule has 6 nitrogen and oxygen atoms in total. The van der Waals surface area contributed by atoms with E-state index in [4.69, 9.17) is 5.73 Å². The van der Waals surface area contributed by atoms with E-state index >= 15 is 0 Å². The van der Waals surface area contributed by atoms with Crippen molar-refractivity contribution >= 4 is 39.0 Å². The third-order valence-corrected chi connectivity index (χ3v) is 5.28. The highest BCUT2D eigenvalue weighted by Gasteiger charge is 2.22. The van der Waals surface area contributed by atoms with Gasteiger partial charge in [-0.3, -0.25) is 0 Å². The maximum atomic E-state index is 6.20. The van der Waals surface area contributed by atoms with Gasteiger partial charge >= 0.3 is 0 Å². The first-order chi connectivity index (χ1) is 11.8. The zero-order valence-electron chi connectivity index (χ0n) is 13.3. The summed E-state index contributed by atoms with van der Waals surface area (Å²) in [6.07, 6.45) is 6.31. The molecule has 4 N–H and O–H groups in total. The predicted octanol–water partition coefficient (Wildman–Crippen LogP) is 3.51. The normalized spacial score (nSPS) is 20.9. The van der Waals surface area contributed by atoms with Gasteiger partial charge in [0.2, 0.25) is 5.95 Å². The molecule has 0 radical (unpaired) electrons. The highest BCUT2D eigenvalue weighted by molar-refractivity contribution is 7.17. The average Bonchev–Trinajstić information content (AvgIpc) is 3.07. The Balaban J connectivity index is 1.53. The van der Waals surface area contributed by atoms with Gasteiger partial charge < -0.3 is 16.4 Å². The number of fused-ring (bicyclic) bond motifs is 1. The van der Waals surface area contributed by atoms with Crippen molar-refractivity contribution < 1.29 is 0 Å². The molecule has 2 heterocycles. The Hall–Kier alpha value is -2.25. The molecule has 1 saturated carbocycles. The SMILES string of the molecule is N[C@H]1CCCC[C@H]1Nc1nccc(Nc2cccc3ncsc23)n1. The molecule has 0 amide bonds. The van der Waals surface area contributed by atoms with Crippen LogP contribution in [0.15, 0.2) is 36.0 Å². The van der Waals surface area contributed by atoms with Crippen LogP contribution in [0.4, 0.5) is 17.5 Å². The Morgan fingerprint density at radius 2 is 2.04 bits per heavy atom. The number of nitrogens with one attached hydrogen (secondary N) is 2. The third-order valence-electron chi connectivity index (χ3n) is 4.41. The predicted molar refractivity (Wildman–Crippen MR) is 98.8 cm³/mol. The minimum atomic E-state index is 0.171. The second-order valence-corrected chi connectivity index (χ2v) is 6.95. The molecule has 1 fully saturated rings. The van der Waals surface area contributed by atoms with Crippen molar-refractivity contribution in [3.8, 4) is 0 Å². The maximum Gasteiger partial charge on any atom is 0.224 e. The van der Waals surface area contributed by atoms with Crippen molar-refractivity contribution in [1.29, 1.82) is 0 Å².